The largest absolute Gasteiger partial charge is 0.360 e. The Morgan fingerprint density at radius 2 is 2.08 bits per heavy atom. The first-order chi connectivity index (χ1) is 12.4. The molecule has 0 saturated carbocycles. The molecule has 3 aromatic rings. The van der Waals surface area contributed by atoms with Gasteiger partial charge in [-0.3, -0.25) is 4.99 Å². The third kappa shape index (κ3) is 3.40. The Kier molecular flexibility index (Phi) is 4.13. The number of aromatic nitrogens is 1. The normalized spacial score (nSPS) is 13.8. The maximum absolute atomic E-state index is 13.4. The lowest BCUT2D eigenvalue weighted by molar-refractivity contribution is 0.589. The molecule has 2 heterocycles. The summed E-state index contributed by atoms with van der Waals surface area (Å²) in [6.45, 7) is 0.354. The van der Waals surface area contributed by atoms with Crippen LogP contribution in [0.4, 0.5) is 10.1 Å². The summed E-state index contributed by atoms with van der Waals surface area (Å²) in [5, 5.41) is 0.964. The van der Waals surface area contributed by atoms with E-state index in [1.165, 1.54) is 12.1 Å². The number of rotatable bonds is 5. The van der Waals surface area contributed by atoms with Crippen molar-refractivity contribution >= 4 is 32.3 Å². The van der Waals surface area contributed by atoms with Crippen LogP contribution >= 0.6 is 0 Å². The summed E-state index contributed by atoms with van der Waals surface area (Å²) >= 11 is 0. The molecule has 0 bridgehead atoms. The van der Waals surface area contributed by atoms with Gasteiger partial charge in [-0.25, -0.2) is 17.5 Å². The number of nitrogens with one attached hydrogen (secondary N) is 2. The van der Waals surface area contributed by atoms with E-state index in [0.717, 1.165) is 51.7 Å². The summed E-state index contributed by atoms with van der Waals surface area (Å²) in [5.74, 6) is -0.267. The second kappa shape index (κ2) is 6.34. The Balaban J connectivity index is 1.59. The molecule has 2 N–H and O–H groups in total. The van der Waals surface area contributed by atoms with Gasteiger partial charge in [0.15, 0.2) is 0 Å². The zero-order valence-corrected chi connectivity index (χ0v) is 15.0. The monoisotopic (exact) mass is 371 g/mol. The van der Waals surface area contributed by atoms with Crippen molar-refractivity contribution in [2.45, 2.75) is 12.8 Å². The van der Waals surface area contributed by atoms with Gasteiger partial charge in [0.05, 0.1) is 11.9 Å². The van der Waals surface area contributed by atoms with Crippen molar-refractivity contribution in [1.29, 1.82) is 0 Å². The molecular weight excluding hydrogens is 353 g/mol. The van der Waals surface area contributed by atoms with Crippen LogP contribution in [0.15, 0.2) is 47.6 Å². The second-order valence-electron chi connectivity index (χ2n) is 6.51. The van der Waals surface area contributed by atoms with Crippen LogP contribution in [0.25, 0.3) is 22.0 Å². The predicted octanol–water partition coefficient (Wildman–Crippen LogP) is 3.54. The van der Waals surface area contributed by atoms with Gasteiger partial charge >= 0.3 is 0 Å². The van der Waals surface area contributed by atoms with Crippen molar-refractivity contribution in [2.24, 2.45) is 4.99 Å². The van der Waals surface area contributed by atoms with Crippen LogP contribution in [-0.2, 0) is 16.4 Å². The van der Waals surface area contributed by atoms with Gasteiger partial charge in [-0.15, -0.1) is 0 Å². The van der Waals surface area contributed by atoms with E-state index < -0.39 is 10.0 Å². The summed E-state index contributed by atoms with van der Waals surface area (Å²) in [5.41, 5.74) is 5.79. The number of hydrogen-bond donors (Lipinski definition) is 2. The molecule has 0 radical (unpaired) electrons. The zero-order chi connectivity index (χ0) is 18.3. The molecule has 2 aromatic carbocycles. The second-order valence-corrected chi connectivity index (χ2v) is 8.34. The average molecular weight is 371 g/mol. The number of nitrogens with zero attached hydrogens (tertiary/aromatic N) is 1. The standard InChI is InChI=1S/C19H18FN3O2S/c1-26(24,25)22-7-6-15-8-13-3-2-12(9-18(13)23-15)17-11-21-19-10-14(20)4-5-16(17)19/h2-5,9-11,21-22H,6-8H2,1H3. The molecule has 0 fully saturated rings. The minimum atomic E-state index is -3.18. The Labute approximate surface area is 151 Å². The number of H-pyrrole nitrogens is 1. The number of sulfonamides is 1. The average Bonchev–Trinajstić information content (AvgIpc) is 3.15. The third-order valence-electron chi connectivity index (χ3n) is 4.49. The van der Waals surface area contributed by atoms with Gasteiger partial charge in [-0.2, -0.15) is 0 Å². The number of benzene rings is 2. The van der Waals surface area contributed by atoms with Crippen LogP contribution < -0.4 is 4.72 Å². The fourth-order valence-corrected chi connectivity index (χ4v) is 3.75. The first-order valence-corrected chi connectivity index (χ1v) is 10.2. The number of hydrogen-bond acceptors (Lipinski definition) is 3. The van der Waals surface area contributed by atoms with Crippen LogP contribution in [0.3, 0.4) is 0 Å². The van der Waals surface area contributed by atoms with E-state index in [1.807, 2.05) is 24.4 Å². The summed E-state index contributed by atoms with van der Waals surface area (Å²) in [6, 6.07) is 10.8. The lowest BCUT2D eigenvalue weighted by Crippen LogP contribution is -2.24. The van der Waals surface area contributed by atoms with E-state index in [0.29, 0.717) is 13.0 Å². The Morgan fingerprint density at radius 1 is 1.23 bits per heavy atom. The molecule has 1 aliphatic rings. The highest BCUT2D eigenvalue weighted by Gasteiger charge is 2.16. The molecule has 1 aromatic heterocycles. The van der Waals surface area contributed by atoms with Crippen LogP contribution in [-0.4, -0.2) is 31.9 Å². The van der Waals surface area contributed by atoms with Gasteiger partial charge in [0.25, 0.3) is 0 Å². The van der Waals surface area contributed by atoms with E-state index in [4.69, 9.17) is 0 Å². The Morgan fingerprint density at radius 3 is 2.88 bits per heavy atom. The first-order valence-electron chi connectivity index (χ1n) is 8.30. The van der Waals surface area contributed by atoms with Crippen LogP contribution in [0.5, 0.6) is 0 Å². The van der Waals surface area contributed by atoms with Crippen molar-refractivity contribution in [1.82, 2.24) is 9.71 Å². The zero-order valence-electron chi connectivity index (χ0n) is 14.2. The molecule has 0 spiro atoms. The van der Waals surface area contributed by atoms with Gasteiger partial charge in [-0.05, 0) is 41.8 Å². The molecule has 5 nitrogen and oxygen atoms in total. The summed E-state index contributed by atoms with van der Waals surface area (Å²) in [6.07, 6.45) is 4.35. The topological polar surface area (TPSA) is 74.3 Å². The maximum Gasteiger partial charge on any atom is 0.208 e. The highest BCUT2D eigenvalue weighted by atomic mass is 32.2. The number of aliphatic imine (C=N–C) groups is 1. The molecular formula is C19H18FN3O2S. The fourth-order valence-electron chi connectivity index (χ4n) is 3.28. The lowest BCUT2D eigenvalue weighted by atomic mass is 10.0. The van der Waals surface area contributed by atoms with Crippen molar-refractivity contribution in [3.63, 3.8) is 0 Å². The van der Waals surface area contributed by atoms with Crippen molar-refractivity contribution in [2.75, 3.05) is 12.8 Å². The van der Waals surface area contributed by atoms with Crippen molar-refractivity contribution in [3.8, 4) is 11.1 Å². The van der Waals surface area contributed by atoms with Gasteiger partial charge in [0.2, 0.25) is 10.0 Å². The molecule has 7 heteroatoms. The van der Waals surface area contributed by atoms with E-state index in [9.17, 15) is 12.8 Å². The van der Waals surface area contributed by atoms with Gasteiger partial charge in [0, 0.05) is 41.3 Å². The Hall–Kier alpha value is -2.51. The van der Waals surface area contributed by atoms with Crippen molar-refractivity contribution in [3.05, 3.63) is 54.0 Å². The van der Waals surface area contributed by atoms with E-state index in [1.54, 1.807) is 6.07 Å². The highest BCUT2D eigenvalue weighted by molar-refractivity contribution is 7.88. The van der Waals surface area contributed by atoms with Gasteiger partial charge < -0.3 is 4.98 Å². The van der Waals surface area contributed by atoms with Crippen molar-refractivity contribution < 1.29 is 12.8 Å². The molecule has 0 unspecified atom stereocenters. The van der Waals surface area contributed by atoms with Crippen LogP contribution in [0.1, 0.15) is 12.0 Å². The van der Waals surface area contributed by atoms with E-state index in [2.05, 4.69) is 14.7 Å². The molecule has 26 heavy (non-hydrogen) atoms. The summed E-state index contributed by atoms with van der Waals surface area (Å²) in [4.78, 5) is 7.75. The van der Waals surface area contributed by atoms with E-state index in [-0.39, 0.29) is 5.82 Å². The summed E-state index contributed by atoms with van der Waals surface area (Å²) in [7, 11) is -3.18. The SMILES string of the molecule is CS(=O)(=O)NCCC1=Nc2cc(-c3c[nH]c4cc(F)ccc34)ccc2C1. The number of fused-ring (bicyclic) bond motifs is 2. The maximum atomic E-state index is 13.4. The van der Waals surface area contributed by atoms with Crippen LogP contribution in [0, 0.1) is 5.82 Å². The lowest BCUT2D eigenvalue weighted by Gasteiger charge is -2.03. The number of halogens is 1. The molecule has 0 amide bonds. The summed E-state index contributed by atoms with van der Waals surface area (Å²) < 4.78 is 38.2. The van der Waals surface area contributed by atoms with Crippen LogP contribution in [0.2, 0.25) is 0 Å². The highest BCUT2D eigenvalue weighted by Crippen LogP contribution is 2.35. The molecule has 0 aliphatic carbocycles. The molecule has 1 aliphatic heterocycles. The molecule has 4 rings (SSSR count). The molecule has 134 valence electrons. The first kappa shape index (κ1) is 16.9. The molecule has 0 saturated heterocycles. The Bertz CT molecular complexity index is 1130. The minimum absolute atomic E-state index is 0.267. The quantitative estimate of drug-likeness (QED) is 0.720. The van der Waals surface area contributed by atoms with E-state index >= 15 is 0 Å². The fraction of sp³-hybridized carbons (Fsp3) is 0.211. The third-order valence-corrected chi connectivity index (χ3v) is 5.22. The predicted molar refractivity (Wildman–Crippen MR) is 102 cm³/mol. The molecule has 0 atom stereocenters. The smallest absolute Gasteiger partial charge is 0.208 e. The number of aromatic amines is 1. The van der Waals surface area contributed by atoms with Gasteiger partial charge in [0.1, 0.15) is 5.82 Å². The minimum Gasteiger partial charge on any atom is -0.360 e. The van der Waals surface area contributed by atoms with Gasteiger partial charge in [-0.1, -0.05) is 12.1 Å².